The van der Waals surface area contributed by atoms with Crippen LogP contribution in [0.15, 0.2) is 18.2 Å². The summed E-state index contributed by atoms with van der Waals surface area (Å²) in [5.74, 6) is -1.92. The van der Waals surface area contributed by atoms with Crippen LogP contribution in [0.5, 0.6) is 11.5 Å². The quantitative estimate of drug-likeness (QED) is 0.480. The van der Waals surface area contributed by atoms with Crippen LogP contribution < -0.4 is 9.47 Å². The summed E-state index contributed by atoms with van der Waals surface area (Å²) in [6.07, 6.45) is -5.04. The zero-order chi connectivity index (χ0) is 13.9. The molecule has 18 heavy (non-hydrogen) atoms. The molecule has 0 saturated carbocycles. The van der Waals surface area contributed by atoms with Crippen LogP contribution in [0.25, 0.3) is 0 Å². The molecule has 1 aromatic rings. The fraction of sp³-hybridized carbons (Fsp3) is 0.250. The first-order chi connectivity index (χ1) is 8.19. The maximum absolute atomic E-state index is 11.9. The van der Waals surface area contributed by atoms with E-state index in [2.05, 4.69) is 9.47 Å². The van der Waals surface area contributed by atoms with E-state index in [-0.39, 0.29) is 0 Å². The van der Waals surface area contributed by atoms with Crippen molar-refractivity contribution < 1.29 is 36.3 Å². The predicted octanol–water partition coefficient (Wildman–Crippen LogP) is 3.09. The third kappa shape index (κ3) is 4.03. The number of rotatable bonds is 4. The van der Waals surface area contributed by atoms with Crippen molar-refractivity contribution in [1.82, 2.24) is 0 Å². The van der Waals surface area contributed by atoms with E-state index in [1.165, 1.54) is 0 Å². The lowest BCUT2D eigenvalue weighted by molar-refractivity contribution is -0.386. The van der Waals surface area contributed by atoms with Gasteiger partial charge < -0.3 is 9.47 Å². The zero-order valence-electron chi connectivity index (χ0n) is 8.28. The van der Waals surface area contributed by atoms with Gasteiger partial charge in [0, 0.05) is 12.1 Å². The van der Waals surface area contributed by atoms with Crippen LogP contribution in [-0.2, 0) is 0 Å². The highest BCUT2D eigenvalue weighted by Gasteiger charge is 2.32. The third-order valence-electron chi connectivity index (χ3n) is 1.58. The van der Waals surface area contributed by atoms with Crippen molar-refractivity contribution in [2.24, 2.45) is 0 Å². The standard InChI is InChI=1S/C8H4F5NO4/c9-7(10)17-6-3-4(18-8(11,12)13)1-2-5(6)14(15)16/h1-3,7H. The van der Waals surface area contributed by atoms with E-state index in [0.29, 0.717) is 18.2 Å². The van der Waals surface area contributed by atoms with Crippen LogP contribution in [0.3, 0.4) is 0 Å². The maximum Gasteiger partial charge on any atom is 0.573 e. The molecule has 100 valence electrons. The number of hydrogen-bond donors (Lipinski definition) is 0. The highest BCUT2D eigenvalue weighted by atomic mass is 19.4. The lowest BCUT2D eigenvalue weighted by Gasteiger charge is -2.10. The van der Waals surface area contributed by atoms with E-state index in [4.69, 9.17) is 0 Å². The summed E-state index contributed by atoms with van der Waals surface area (Å²) in [6, 6.07) is 1.54. The molecule has 0 aromatic heterocycles. The van der Waals surface area contributed by atoms with Gasteiger partial charge in [-0.05, 0) is 6.07 Å². The van der Waals surface area contributed by atoms with Gasteiger partial charge in [-0.25, -0.2) is 0 Å². The molecule has 0 heterocycles. The number of nitro groups is 1. The topological polar surface area (TPSA) is 61.6 Å². The molecule has 0 amide bonds. The summed E-state index contributed by atoms with van der Waals surface area (Å²) in [6.45, 7) is -3.41. The molecular formula is C8H4F5NO4. The number of halogens is 5. The summed E-state index contributed by atoms with van der Waals surface area (Å²) in [7, 11) is 0. The number of hydrogen-bond acceptors (Lipinski definition) is 4. The van der Waals surface area contributed by atoms with Crippen LogP contribution in [0.2, 0.25) is 0 Å². The summed E-state index contributed by atoms with van der Waals surface area (Å²) >= 11 is 0. The Labute approximate surface area is 95.9 Å². The van der Waals surface area contributed by atoms with Gasteiger partial charge in [0.2, 0.25) is 5.75 Å². The minimum Gasteiger partial charge on any atom is -0.427 e. The Morgan fingerprint density at radius 2 is 1.89 bits per heavy atom. The Balaban J connectivity index is 3.09. The SMILES string of the molecule is O=[N+]([O-])c1ccc(OC(F)(F)F)cc1OC(F)F. The first-order valence-electron chi connectivity index (χ1n) is 4.18. The van der Waals surface area contributed by atoms with Crippen molar-refractivity contribution in [2.75, 3.05) is 0 Å². The lowest BCUT2D eigenvalue weighted by Crippen LogP contribution is -2.17. The first kappa shape index (κ1) is 13.9. The first-order valence-corrected chi connectivity index (χ1v) is 4.18. The Kier molecular flexibility index (Phi) is 3.89. The fourth-order valence-corrected chi connectivity index (χ4v) is 1.03. The normalized spacial score (nSPS) is 11.4. The fourth-order valence-electron chi connectivity index (χ4n) is 1.03. The van der Waals surface area contributed by atoms with Gasteiger partial charge in [0.1, 0.15) is 5.75 Å². The second-order valence-electron chi connectivity index (χ2n) is 2.81. The van der Waals surface area contributed by atoms with Gasteiger partial charge in [-0.1, -0.05) is 0 Å². The molecule has 10 heteroatoms. The molecule has 0 aliphatic heterocycles. The van der Waals surface area contributed by atoms with Gasteiger partial charge in [-0.3, -0.25) is 10.1 Å². The molecule has 1 aromatic carbocycles. The molecule has 0 saturated heterocycles. The van der Waals surface area contributed by atoms with Gasteiger partial charge in [0.05, 0.1) is 4.92 Å². The van der Waals surface area contributed by atoms with Gasteiger partial charge in [0.15, 0.2) is 0 Å². The van der Waals surface area contributed by atoms with Crippen LogP contribution in [0.1, 0.15) is 0 Å². The van der Waals surface area contributed by atoms with E-state index in [1.807, 2.05) is 0 Å². The molecule has 0 fully saturated rings. The summed E-state index contributed by atoms with van der Waals surface area (Å²) in [5, 5.41) is 10.4. The van der Waals surface area contributed by atoms with Crippen molar-refractivity contribution in [3.8, 4) is 11.5 Å². The minimum absolute atomic E-state index is 0.359. The molecule has 1 rings (SSSR count). The summed E-state index contributed by atoms with van der Waals surface area (Å²) < 4.78 is 66.6. The third-order valence-corrected chi connectivity index (χ3v) is 1.58. The molecule has 0 aliphatic carbocycles. The van der Waals surface area contributed by atoms with Gasteiger partial charge in [0.25, 0.3) is 0 Å². The largest absolute Gasteiger partial charge is 0.573 e. The summed E-state index contributed by atoms with van der Waals surface area (Å²) in [5.41, 5.74) is -0.898. The van der Waals surface area contributed by atoms with Crippen molar-refractivity contribution in [2.45, 2.75) is 13.0 Å². The second kappa shape index (κ2) is 5.02. The Hall–Kier alpha value is -2.13. The molecule has 5 nitrogen and oxygen atoms in total. The van der Waals surface area contributed by atoms with Gasteiger partial charge in [-0.15, -0.1) is 13.2 Å². The number of nitro benzene ring substituents is 1. The van der Waals surface area contributed by atoms with Crippen LogP contribution in [-0.4, -0.2) is 17.9 Å². The van der Waals surface area contributed by atoms with Crippen molar-refractivity contribution >= 4 is 5.69 Å². The second-order valence-corrected chi connectivity index (χ2v) is 2.81. The van der Waals surface area contributed by atoms with Gasteiger partial charge >= 0.3 is 18.7 Å². The Morgan fingerprint density at radius 1 is 1.28 bits per heavy atom. The highest BCUT2D eigenvalue weighted by molar-refractivity contribution is 5.50. The molecule has 0 bridgehead atoms. The average molecular weight is 273 g/mol. The lowest BCUT2D eigenvalue weighted by atomic mass is 10.3. The van der Waals surface area contributed by atoms with Crippen molar-refractivity contribution in [1.29, 1.82) is 0 Å². The minimum atomic E-state index is -5.04. The van der Waals surface area contributed by atoms with Crippen molar-refractivity contribution in [3.63, 3.8) is 0 Å². The smallest absolute Gasteiger partial charge is 0.427 e. The van der Waals surface area contributed by atoms with Crippen LogP contribution in [0.4, 0.5) is 27.6 Å². The monoisotopic (exact) mass is 273 g/mol. The van der Waals surface area contributed by atoms with Crippen molar-refractivity contribution in [3.05, 3.63) is 28.3 Å². The van der Waals surface area contributed by atoms with E-state index < -0.39 is 35.1 Å². The number of benzene rings is 1. The van der Waals surface area contributed by atoms with E-state index in [0.717, 1.165) is 0 Å². The van der Waals surface area contributed by atoms with Crippen LogP contribution >= 0.6 is 0 Å². The Bertz CT molecular complexity index is 448. The molecular weight excluding hydrogens is 269 g/mol. The average Bonchev–Trinajstić information content (AvgIpc) is 2.13. The molecule has 0 aliphatic rings. The highest BCUT2D eigenvalue weighted by Crippen LogP contribution is 2.34. The molecule has 0 unspecified atom stereocenters. The van der Waals surface area contributed by atoms with E-state index >= 15 is 0 Å². The van der Waals surface area contributed by atoms with E-state index in [1.54, 1.807) is 0 Å². The summed E-state index contributed by atoms with van der Waals surface area (Å²) in [4.78, 5) is 9.34. The zero-order valence-corrected chi connectivity index (χ0v) is 8.28. The van der Waals surface area contributed by atoms with E-state index in [9.17, 15) is 32.1 Å². The number of ether oxygens (including phenoxy) is 2. The molecule has 0 spiro atoms. The predicted molar refractivity (Wildman–Crippen MR) is 46.4 cm³/mol. The van der Waals surface area contributed by atoms with Gasteiger partial charge in [-0.2, -0.15) is 8.78 Å². The van der Waals surface area contributed by atoms with Crippen LogP contribution in [0, 0.1) is 10.1 Å². The molecule has 0 N–H and O–H groups in total. The maximum atomic E-state index is 11.9. The Morgan fingerprint density at radius 3 is 2.33 bits per heavy atom. The number of nitrogens with zero attached hydrogens (tertiary/aromatic N) is 1. The molecule has 0 radical (unpaired) electrons. The molecule has 0 atom stereocenters. The number of alkyl halides is 5.